The molecule has 0 spiro atoms. The van der Waals surface area contributed by atoms with E-state index in [1.54, 1.807) is 0 Å². The minimum absolute atomic E-state index is 0.126. The fourth-order valence-corrected chi connectivity index (χ4v) is 2.12. The molecule has 3 nitrogen and oxygen atoms in total. The third-order valence-electron chi connectivity index (χ3n) is 2.74. The van der Waals surface area contributed by atoms with Crippen molar-refractivity contribution < 1.29 is 14.3 Å². The van der Waals surface area contributed by atoms with Crippen LogP contribution in [0.1, 0.15) is 25.8 Å². The van der Waals surface area contributed by atoms with Crippen molar-refractivity contribution in [2.75, 3.05) is 6.61 Å². The lowest BCUT2D eigenvalue weighted by atomic mass is 10.0. The first kappa shape index (κ1) is 16.9. The number of benzene rings is 1. The summed E-state index contributed by atoms with van der Waals surface area (Å²) < 4.78 is 10.4. The molecule has 1 aromatic carbocycles. The zero-order valence-corrected chi connectivity index (χ0v) is 13.2. The molecule has 110 valence electrons. The molecule has 0 saturated heterocycles. The maximum atomic E-state index is 11.7. The summed E-state index contributed by atoms with van der Waals surface area (Å²) in [6.07, 6.45) is 0.216. The minimum atomic E-state index is -0.464. The lowest BCUT2D eigenvalue weighted by molar-refractivity contribution is -0.145. The summed E-state index contributed by atoms with van der Waals surface area (Å²) >= 11 is 11.2. The number of alkyl halides is 1. The Balaban J connectivity index is 2.36. The molecule has 1 aromatic rings. The number of halogens is 1. The zero-order chi connectivity index (χ0) is 15.0. The van der Waals surface area contributed by atoms with Crippen LogP contribution in [0.5, 0.6) is 0 Å². The first-order chi connectivity index (χ1) is 9.54. The number of ether oxygens (including phenoxy) is 2. The lowest BCUT2D eigenvalue weighted by Gasteiger charge is -2.18. The van der Waals surface area contributed by atoms with Gasteiger partial charge in [0.2, 0.25) is 0 Å². The molecule has 0 aliphatic carbocycles. The molecule has 2 atom stereocenters. The number of hydrogen-bond acceptors (Lipinski definition) is 4. The van der Waals surface area contributed by atoms with Crippen molar-refractivity contribution in [1.29, 1.82) is 0 Å². The summed E-state index contributed by atoms with van der Waals surface area (Å²) in [5.41, 5.74) is 0.959. The van der Waals surface area contributed by atoms with Gasteiger partial charge in [-0.1, -0.05) is 37.3 Å². The van der Waals surface area contributed by atoms with Crippen LogP contribution in [0.15, 0.2) is 30.3 Å². The first-order valence-electron chi connectivity index (χ1n) is 6.54. The fraction of sp³-hybridized carbons (Fsp3) is 0.467. The summed E-state index contributed by atoms with van der Waals surface area (Å²) in [5.74, 6) is -0.412. The van der Waals surface area contributed by atoms with Gasteiger partial charge in [0.1, 0.15) is 12.0 Å². The van der Waals surface area contributed by atoms with Gasteiger partial charge in [-0.15, -0.1) is 11.6 Å². The largest absolute Gasteiger partial charge is 0.486 e. The summed E-state index contributed by atoms with van der Waals surface area (Å²) in [6, 6.07) is 9.54. The van der Waals surface area contributed by atoms with Crippen LogP contribution in [0, 0.1) is 5.92 Å². The van der Waals surface area contributed by atoms with Crippen molar-refractivity contribution >= 4 is 34.8 Å². The second-order valence-electron chi connectivity index (χ2n) is 4.48. The SMILES string of the molecule is CCOC(=S)C(Cl)C(C)CC(=O)OCc1ccccc1. The van der Waals surface area contributed by atoms with Gasteiger partial charge >= 0.3 is 5.97 Å². The van der Waals surface area contributed by atoms with Crippen LogP contribution in [-0.4, -0.2) is 23.0 Å². The molecular weight excluding hydrogens is 296 g/mol. The summed E-state index contributed by atoms with van der Waals surface area (Å²) in [7, 11) is 0. The zero-order valence-electron chi connectivity index (χ0n) is 11.7. The number of esters is 1. The smallest absolute Gasteiger partial charge is 0.306 e. The van der Waals surface area contributed by atoms with Crippen LogP contribution in [0.2, 0.25) is 0 Å². The van der Waals surface area contributed by atoms with Crippen molar-refractivity contribution in [3.63, 3.8) is 0 Å². The summed E-state index contributed by atoms with van der Waals surface area (Å²) in [4.78, 5) is 11.7. The molecule has 0 N–H and O–H groups in total. The maximum absolute atomic E-state index is 11.7. The van der Waals surface area contributed by atoms with Crippen LogP contribution in [0.3, 0.4) is 0 Å². The average Bonchev–Trinajstić information content (AvgIpc) is 2.45. The average molecular weight is 315 g/mol. The highest BCUT2D eigenvalue weighted by molar-refractivity contribution is 7.80. The van der Waals surface area contributed by atoms with E-state index in [0.29, 0.717) is 11.7 Å². The lowest BCUT2D eigenvalue weighted by Crippen LogP contribution is -2.25. The Hall–Kier alpha value is -1.13. The van der Waals surface area contributed by atoms with Gasteiger partial charge in [-0.3, -0.25) is 4.79 Å². The second kappa shape index (κ2) is 8.93. The Morgan fingerprint density at radius 2 is 1.95 bits per heavy atom. The van der Waals surface area contributed by atoms with Gasteiger partial charge in [0, 0.05) is 6.42 Å². The number of thiocarbonyl (C=S) groups is 1. The fourth-order valence-electron chi connectivity index (χ4n) is 1.62. The molecule has 0 fully saturated rings. The third-order valence-corrected chi connectivity index (χ3v) is 3.87. The predicted octanol–water partition coefficient (Wildman–Crippen LogP) is 3.73. The van der Waals surface area contributed by atoms with Crippen molar-refractivity contribution in [1.82, 2.24) is 0 Å². The van der Waals surface area contributed by atoms with Crippen molar-refractivity contribution in [2.24, 2.45) is 5.92 Å². The molecule has 0 radical (unpaired) electrons. The van der Waals surface area contributed by atoms with Gasteiger partial charge in [-0.25, -0.2) is 0 Å². The normalized spacial score (nSPS) is 13.3. The van der Waals surface area contributed by atoms with Crippen LogP contribution in [-0.2, 0) is 20.9 Å². The van der Waals surface area contributed by atoms with E-state index in [9.17, 15) is 4.79 Å². The highest BCUT2D eigenvalue weighted by atomic mass is 35.5. The number of rotatable bonds is 7. The summed E-state index contributed by atoms with van der Waals surface area (Å²) in [5, 5.41) is -0.133. The van der Waals surface area contributed by atoms with Gasteiger partial charge in [-0.2, -0.15) is 0 Å². The number of carbonyl (C=O) groups is 1. The molecule has 0 aliphatic rings. The molecule has 5 heteroatoms. The standard InChI is InChI=1S/C15H19ClO3S/c1-3-18-15(20)14(16)11(2)9-13(17)19-10-12-7-5-4-6-8-12/h4-8,11,14H,3,9-10H2,1-2H3. The monoisotopic (exact) mass is 314 g/mol. The quantitative estimate of drug-likeness (QED) is 0.436. The van der Waals surface area contributed by atoms with E-state index in [2.05, 4.69) is 0 Å². The second-order valence-corrected chi connectivity index (χ2v) is 5.35. The Morgan fingerprint density at radius 3 is 2.55 bits per heavy atom. The molecule has 0 aromatic heterocycles. The van der Waals surface area contributed by atoms with Gasteiger partial charge in [0.05, 0.1) is 6.61 Å². The van der Waals surface area contributed by atoms with Crippen molar-refractivity contribution in [3.05, 3.63) is 35.9 Å². The first-order valence-corrected chi connectivity index (χ1v) is 7.39. The Kier molecular flexibility index (Phi) is 7.55. The van der Waals surface area contributed by atoms with Crippen molar-refractivity contribution in [2.45, 2.75) is 32.3 Å². The number of hydrogen-bond donors (Lipinski definition) is 0. The molecule has 2 unspecified atom stereocenters. The van der Waals surface area contributed by atoms with Gasteiger partial charge in [-0.05, 0) is 30.6 Å². The molecule has 0 heterocycles. The Bertz CT molecular complexity index is 436. The number of carbonyl (C=O) groups excluding carboxylic acids is 1. The van der Waals surface area contributed by atoms with E-state index in [4.69, 9.17) is 33.3 Å². The van der Waals surface area contributed by atoms with E-state index in [-0.39, 0.29) is 24.9 Å². The van der Waals surface area contributed by atoms with Crippen LogP contribution < -0.4 is 0 Å². The third kappa shape index (κ3) is 5.88. The maximum Gasteiger partial charge on any atom is 0.306 e. The topological polar surface area (TPSA) is 35.5 Å². The van der Waals surface area contributed by atoms with Gasteiger partial charge in [0.15, 0.2) is 5.05 Å². The molecule has 0 amide bonds. The Morgan fingerprint density at radius 1 is 1.30 bits per heavy atom. The summed E-state index contributed by atoms with van der Waals surface area (Å²) in [6.45, 7) is 4.45. The molecule has 0 bridgehead atoms. The van der Waals surface area contributed by atoms with Gasteiger partial charge in [0.25, 0.3) is 0 Å². The Labute approximate surface area is 130 Å². The highest BCUT2D eigenvalue weighted by Crippen LogP contribution is 2.18. The molecule has 0 aliphatic heterocycles. The van der Waals surface area contributed by atoms with E-state index in [1.165, 1.54) is 0 Å². The van der Waals surface area contributed by atoms with E-state index in [1.807, 2.05) is 44.2 Å². The van der Waals surface area contributed by atoms with E-state index >= 15 is 0 Å². The van der Waals surface area contributed by atoms with E-state index < -0.39 is 5.38 Å². The molecule has 0 saturated carbocycles. The van der Waals surface area contributed by atoms with Crippen molar-refractivity contribution in [3.8, 4) is 0 Å². The highest BCUT2D eigenvalue weighted by Gasteiger charge is 2.23. The minimum Gasteiger partial charge on any atom is -0.486 e. The van der Waals surface area contributed by atoms with Crippen LogP contribution in [0.25, 0.3) is 0 Å². The molecule has 20 heavy (non-hydrogen) atoms. The predicted molar refractivity (Wildman–Crippen MR) is 83.9 cm³/mol. The molecular formula is C15H19ClO3S. The van der Waals surface area contributed by atoms with E-state index in [0.717, 1.165) is 5.56 Å². The molecule has 1 rings (SSSR count). The van der Waals surface area contributed by atoms with Crippen LogP contribution in [0.4, 0.5) is 0 Å². The van der Waals surface area contributed by atoms with Crippen LogP contribution >= 0.6 is 23.8 Å². The van der Waals surface area contributed by atoms with Gasteiger partial charge < -0.3 is 9.47 Å².